The van der Waals surface area contributed by atoms with E-state index in [9.17, 15) is 4.79 Å². The molecule has 0 aromatic heterocycles. The number of nitrogens with one attached hydrogen (secondary N) is 2. The van der Waals surface area contributed by atoms with Crippen LogP contribution < -0.4 is 10.6 Å². The van der Waals surface area contributed by atoms with Crippen molar-refractivity contribution in [3.05, 3.63) is 0 Å². The monoisotopic (exact) mass is 158 g/mol. The molecule has 0 aromatic carbocycles. The Labute approximate surface area is 66.0 Å². The van der Waals surface area contributed by atoms with Crippen LogP contribution in [0.2, 0.25) is 0 Å². The number of carbonyl (C=O) groups excluding carboxylic acids is 1. The lowest BCUT2D eigenvalue weighted by Gasteiger charge is -2.27. The molecular formula is C7H14N2O2. The quantitative estimate of drug-likeness (QED) is 0.478. The van der Waals surface area contributed by atoms with Gasteiger partial charge in [-0.15, -0.1) is 0 Å². The van der Waals surface area contributed by atoms with E-state index in [1.165, 1.54) is 0 Å². The van der Waals surface area contributed by atoms with Crippen LogP contribution in [0.5, 0.6) is 0 Å². The van der Waals surface area contributed by atoms with Gasteiger partial charge in [0.15, 0.2) is 0 Å². The average Bonchev–Trinajstić information content (AvgIpc) is 1.83. The molecule has 64 valence electrons. The highest BCUT2D eigenvalue weighted by Crippen LogP contribution is 2.02. The third kappa shape index (κ3) is 2.17. The maximum Gasteiger partial charge on any atom is 0.225 e. The van der Waals surface area contributed by atoms with Crippen molar-refractivity contribution < 1.29 is 9.90 Å². The molecule has 1 saturated heterocycles. The summed E-state index contributed by atoms with van der Waals surface area (Å²) in [5.74, 6) is 0.161. The van der Waals surface area contributed by atoms with Gasteiger partial charge in [-0.05, 0) is 6.92 Å². The smallest absolute Gasteiger partial charge is 0.225 e. The Bertz CT molecular complexity index is 145. The Morgan fingerprint density at radius 2 is 2.45 bits per heavy atom. The van der Waals surface area contributed by atoms with Crippen LogP contribution >= 0.6 is 0 Å². The summed E-state index contributed by atoms with van der Waals surface area (Å²) >= 11 is 0. The highest BCUT2D eigenvalue weighted by atomic mass is 16.3. The summed E-state index contributed by atoms with van der Waals surface area (Å²) in [5, 5.41) is 14.3. The van der Waals surface area contributed by atoms with Crippen LogP contribution in [0.4, 0.5) is 0 Å². The molecular weight excluding hydrogens is 144 g/mol. The van der Waals surface area contributed by atoms with E-state index in [-0.39, 0.29) is 24.5 Å². The first kappa shape index (κ1) is 8.49. The molecule has 0 spiro atoms. The minimum atomic E-state index is -0.122. The lowest BCUT2D eigenvalue weighted by Crippen LogP contribution is -2.52. The van der Waals surface area contributed by atoms with Crippen LogP contribution in [0.1, 0.15) is 6.92 Å². The van der Waals surface area contributed by atoms with Gasteiger partial charge in [0, 0.05) is 19.1 Å². The zero-order chi connectivity index (χ0) is 8.27. The van der Waals surface area contributed by atoms with E-state index in [0.717, 1.165) is 13.1 Å². The maximum absolute atomic E-state index is 11.1. The molecule has 0 saturated carbocycles. The first-order valence-corrected chi connectivity index (χ1v) is 3.86. The van der Waals surface area contributed by atoms with Crippen molar-refractivity contribution in [3.63, 3.8) is 0 Å². The Balaban J connectivity index is 2.19. The molecule has 0 aliphatic carbocycles. The molecule has 1 aliphatic rings. The topological polar surface area (TPSA) is 61.4 Å². The lowest BCUT2D eigenvalue weighted by atomic mass is 10.0. The van der Waals surface area contributed by atoms with E-state index in [4.69, 9.17) is 5.11 Å². The predicted octanol–water partition coefficient (Wildman–Crippen LogP) is -1.30. The largest absolute Gasteiger partial charge is 0.394 e. The van der Waals surface area contributed by atoms with Crippen molar-refractivity contribution in [2.45, 2.75) is 13.0 Å². The molecule has 0 bridgehead atoms. The van der Waals surface area contributed by atoms with Gasteiger partial charge in [0.25, 0.3) is 0 Å². The summed E-state index contributed by atoms with van der Waals surface area (Å²) in [7, 11) is 0. The van der Waals surface area contributed by atoms with Crippen molar-refractivity contribution in [1.29, 1.82) is 0 Å². The second-order valence-corrected chi connectivity index (χ2v) is 2.95. The third-order valence-corrected chi connectivity index (χ3v) is 1.81. The summed E-state index contributed by atoms with van der Waals surface area (Å²) in [6.07, 6.45) is 0. The number of aliphatic hydroxyl groups is 1. The fourth-order valence-electron chi connectivity index (χ4n) is 0.880. The van der Waals surface area contributed by atoms with E-state index in [1.807, 2.05) is 0 Å². The second kappa shape index (κ2) is 3.69. The van der Waals surface area contributed by atoms with Gasteiger partial charge in [-0.3, -0.25) is 4.79 Å². The van der Waals surface area contributed by atoms with E-state index in [1.54, 1.807) is 6.92 Å². The number of rotatable bonds is 3. The number of hydrogen-bond acceptors (Lipinski definition) is 3. The van der Waals surface area contributed by atoms with Gasteiger partial charge >= 0.3 is 0 Å². The Morgan fingerprint density at radius 3 is 2.82 bits per heavy atom. The molecule has 1 atom stereocenters. The van der Waals surface area contributed by atoms with Crippen molar-refractivity contribution in [3.8, 4) is 0 Å². The van der Waals surface area contributed by atoms with E-state index in [0.29, 0.717) is 0 Å². The van der Waals surface area contributed by atoms with Crippen LogP contribution in [-0.2, 0) is 4.79 Å². The van der Waals surface area contributed by atoms with Crippen molar-refractivity contribution >= 4 is 5.91 Å². The van der Waals surface area contributed by atoms with Crippen molar-refractivity contribution in [2.24, 2.45) is 5.92 Å². The highest BCUT2D eigenvalue weighted by Gasteiger charge is 2.25. The zero-order valence-corrected chi connectivity index (χ0v) is 6.63. The molecule has 1 aliphatic heterocycles. The molecule has 4 nitrogen and oxygen atoms in total. The van der Waals surface area contributed by atoms with Crippen molar-refractivity contribution in [2.75, 3.05) is 19.7 Å². The fraction of sp³-hybridized carbons (Fsp3) is 0.857. The molecule has 0 unspecified atom stereocenters. The average molecular weight is 158 g/mol. The normalized spacial score (nSPS) is 20.5. The number of amides is 1. The maximum atomic E-state index is 11.1. The van der Waals surface area contributed by atoms with Gasteiger partial charge < -0.3 is 15.7 Å². The summed E-state index contributed by atoms with van der Waals surface area (Å²) in [6, 6.07) is -0.122. The van der Waals surface area contributed by atoms with E-state index in [2.05, 4.69) is 10.6 Å². The molecule has 1 fully saturated rings. The predicted molar refractivity (Wildman–Crippen MR) is 41.1 cm³/mol. The Morgan fingerprint density at radius 1 is 1.82 bits per heavy atom. The standard InChI is InChI=1S/C7H14N2O2/c1-5(4-10)9-7(11)6-2-8-3-6/h5-6,8,10H,2-4H2,1H3,(H,9,11)/t5-/m0/s1. The van der Waals surface area contributed by atoms with Gasteiger partial charge in [-0.1, -0.05) is 0 Å². The SMILES string of the molecule is C[C@@H](CO)NC(=O)C1CNC1. The van der Waals surface area contributed by atoms with Gasteiger partial charge in [0.05, 0.1) is 12.5 Å². The van der Waals surface area contributed by atoms with Gasteiger partial charge in [-0.25, -0.2) is 0 Å². The molecule has 0 radical (unpaired) electrons. The molecule has 1 amide bonds. The summed E-state index contributed by atoms with van der Waals surface area (Å²) in [4.78, 5) is 11.1. The highest BCUT2D eigenvalue weighted by molar-refractivity contribution is 5.80. The zero-order valence-electron chi connectivity index (χ0n) is 6.63. The molecule has 0 aromatic rings. The first-order chi connectivity index (χ1) is 5.24. The van der Waals surface area contributed by atoms with Gasteiger partial charge in [0.2, 0.25) is 5.91 Å². The van der Waals surface area contributed by atoms with Gasteiger partial charge in [0.1, 0.15) is 0 Å². The van der Waals surface area contributed by atoms with E-state index >= 15 is 0 Å². The second-order valence-electron chi connectivity index (χ2n) is 2.95. The molecule has 3 N–H and O–H groups in total. The molecule has 4 heteroatoms. The first-order valence-electron chi connectivity index (χ1n) is 3.86. The Hall–Kier alpha value is -0.610. The Kier molecular flexibility index (Phi) is 2.84. The molecule has 11 heavy (non-hydrogen) atoms. The molecule has 1 heterocycles. The minimum absolute atomic E-state index is 0.00584. The molecule has 1 rings (SSSR count). The van der Waals surface area contributed by atoms with Crippen LogP contribution in [0.15, 0.2) is 0 Å². The summed E-state index contributed by atoms with van der Waals surface area (Å²) in [6.45, 7) is 3.32. The number of hydrogen-bond donors (Lipinski definition) is 3. The van der Waals surface area contributed by atoms with Crippen LogP contribution in [0, 0.1) is 5.92 Å². The van der Waals surface area contributed by atoms with Gasteiger partial charge in [-0.2, -0.15) is 0 Å². The van der Waals surface area contributed by atoms with Crippen LogP contribution in [0.3, 0.4) is 0 Å². The van der Waals surface area contributed by atoms with Crippen molar-refractivity contribution in [1.82, 2.24) is 10.6 Å². The number of aliphatic hydroxyl groups excluding tert-OH is 1. The number of carbonyl (C=O) groups is 1. The van der Waals surface area contributed by atoms with Crippen LogP contribution in [0.25, 0.3) is 0 Å². The van der Waals surface area contributed by atoms with E-state index < -0.39 is 0 Å². The summed E-state index contributed by atoms with van der Waals surface area (Å²) in [5.41, 5.74) is 0. The lowest BCUT2D eigenvalue weighted by molar-refractivity contribution is -0.127. The fourth-order valence-corrected chi connectivity index (χ4v) is 0.880. The summed E-state index contributed by atoms with van der Waals surface area (Å²) < 4.78 is 0. The van der Waals surface area contributed by atoms with Crippen LogP contribution in [-0.4, -0.2) is 36.8 Å². The third-order valence-electron chi connectivity index (χ3n) is 1.81. The minimum Gasteiger partial charge on any atom is -0.394 e.